The molecule has 1 unspecified atom stereocenters. The zero-order valence-electron chi connectivity index (χ0n) is 10.5. The molecule has 0 aromatic carbocycles. The number of anilines is 1. The first-order valence-corrected chi connectivity index (χ1v) is 6.31. The highest BCUT2D eigenvalue weighted by Gasteiger charge is 2.25. The molecule has 0 spiro atoms. The summed E-state index contributed by atoms with van der Waals surface area (Å²) in [5, 5.41) is 14.7. The quantitative estimate of drug-likeness (QED) is 0.846. The molecule has 2 aromatic heterocycles. The van der Waals surface area contributed by atoms with Gasteiger partial charge in [0, 0.05) is 13.6 Å². The molecule has 3 rings (SSSR count). The van der Waals surface area contributed by atoms with E-state index >= 15 is 0 Å². The lowest BCUT2D eigenvalue weighted by Crippen LogP contribution is -2.42. The second-order valence-corrected chi connectivity index (χ2v) is 4.73. The second-order valence-electron chi connectivity index (χ2n) is 4.73. The molecule has 0 bridgehead atoms. The van der Waals surface area contributed by atoms with Crippen molar-refractivity contribution in [2.24, 2.45) is 7.05 Å². The molecule has 3 heterocycles. The van der Waals surface area contributed by atoms with E-state index in [2.05, 4.69) is 20.0 Å². The Balaban J connectivity index is 2.07. The Morgan fingerprint density at radius 1 is 1.39 bits per heavy atom. The van der Waals surface area contributed by atoms with Crippen LogP contribution in [0.15, 0.2) is 12.5 Å². The van der Waals surface area contributed by atoms with Gasteiger partial charge in [0.05, 0.1) is 24.2 Å². The molecule has 1 N–H and O–H groups in total. The van der Waals surface area contributed by atoms with Crippen molar-refractivity contribution in [2.45, 2.75) is 25.3 Å². The van der Waals surface area contributed by atoms with Crippen LogP contribution in [-0.2, 0) is 7.05 Å². The largest absolute Gasteiger partial charge is 0.394 e. The third kappa shape index (κ3) is 1.73. The molecule has 1 fully saturated rings. The predicted molar refractivity (Wildman–Crippen MR) is 68.4 cm³/mol. The number of piperidine rings is 1. The van der Waals surface area contributed by atoms with Crippen molar-refractivity contribution in [2.75, 3.05) is 18.1 Å². The summed E-state index contributed by atoms with van der Waals surface area (Å²) < 4.78 is 1.75. The van der Waals surface area contributed by atoms with Gasteiger partial charge in [-0.2, -0.15) is 5.10 Å². The maximum absolute atomic E-state index is 9.49. The molecule has 1 aliphatic heterocycles. The zero-order valence-corrected chi connectivity index (χ0v) is 10.5. The normalized spacial score (nSPS) is 20.6. The Hall–Kier alpha value is -1.69. The number of aromatic nitrogens is 4. The molecule has 6 nitrogen and oxygen atoms in total. The van der Waals surface area contributed by atoms with E-state index in [1.165, 1.54) is 6.42 Å². The van der Waals surface area contributed by atoms with E-state index in [0.717, 1.165) is 36.2 Å². The Morgan fingerprint density at radius 2 is 2.28 bits per heavy atom. The van der Waals surface area contributed by atoms with Gasteiger partial charge in [-0.25, -0.2) is 9.97 Å². The highest BCUT2D eigenvalue weighted by atomic mass is 16.3. The smallest absolute Gasteiger partial charge is 0.163 e. The number of fused-ring (bicyclic) bond motifs is 1. The molecule has 1 atom stereocenters. The van der Waals surface area contributed by atoms with E-state index < -0.39 is 0 Å². The third-order valence-electron chi connectivity index (χ3n) is 3.62. The van der Waals surface area contributed by atoms with Gasteiger partial charge in [0.15, 0.2) is 5.65 Å². The van der Waals surface area contributed by atoms with Crippen molar-refractivity contribution in [3.63, 3.8) is 0 Å². The van der Waals surface area contributed by atoms with Gasteiger partial charge in [-0.1, -0.05) is 0 Å². The van der Waals surface area contributed by atoms with Gasteiger partial charge in [0.25, 0.3) is 0 Å². The standard InChI is InChI=1S/C12H17N5O/c1-16-11-10(6-15-16)12(14-8-13-11)17-5-3-2-4-9(17)7-18/h6,8-9,18H,2-5,7H2,1H3. The van der Waals surface area contributed by atoms with Crippen LogP contribution < -0.4 is 4.90 Å². The van der Waals surface area contributed by atoms with Crippen LogP contribution in [0, 0.1) is 0 Å². The lowest BCUT2D eigenvalue weighted by molar-refractivity contribution is 0.239. The summed E-state index contributed by atoms with van der Waals surface area (Å²) in [6.07, 6.45) is 6.70. The number of nitrogens with zero attached hydrogens (tertiary/aromatic N) is 5. The van der Waals surface area contributed by atoms with Crippen LogP contribution in [0.5, 0.6) is 0 Å². The highest BCUT2D eigenvalue weighted by molar-refractivity contribution is 5.86. The van der Waals surface area contributed by atoms with E-state index in [-0.39, 0.29) is 12.6 Å². The van der Waals surface area contributed by atoms with Gasteiger partial charge in [-0.15, -0.1) is 0 Å². The van der Waals surface area contributed by atoms with E-state index in [1.807, 2.05) is 7.05 Å². The van der Waals surface area contributed by atoms with Crippen molar-refractivity contribution in [1.82, 2.24) is 19.7 Å². The van der Waals surface area contributed by atoms with E-state index in [4.69, 9.17) is 0 Å². The predicted octanol–water partition coefficient (Wildman–Crippen LogP) is 0.715. The van der Waals surface area contributed by atoms with Crippen LogP contribution in [-0.4, -0.2) is 44.0 Å². The van der Waals surface area contributed by atoms with Gasteiger partial charge in [0.1, 0.15) is 12.1 Å². The lowest BCUT2D eigenvalue weighted by atomic mass is 10.0. The highest BCUT2D eigenvalue weighted by Crippen LogP contribution is 2.28. The van der Waals surface area contributed by atoms with Crippen molar-refractivity contribution < 1.29 is 5.11 Å². The number of hydrogen-bond donors (Lipinski definition) is 1. The Labute approximate surface area is 105 Å². The molecule has 6 heteroatoms. The summed E-state index contributed by atoms with van der Waals surface area (Å²) in [7, 11) is 1.87. The van der Waals surface area contributed by atoms with Gasteiger partial charge in [-0.05, 0) is 19.3 Å². The molecule has 2 aromatic rings. The summed E-state index contributed by atoms with van der Waals surface area (Å²) in [6.45, 7) is 1.11. The van der Waals surface area contributed by atoms with Crippen LogP contribution in [0.3, 0.4) is 0 Å². The fourth-order valence-corrected chi connectivity index (χ4v) is 2.65. The Morgan fingerprint density at radius 3 is 3.11 bits per heavy atom. The van der Waals surface area contributed by atoms with Crippen molar-refractivity contribution in [1.29, 1.82) is 0 Å². The van der Waals surface area contributed by atoms with Crippen LogP contribution >= 0.6 is 0 Å². The molecule has 18 heavy (non-hydrogen) atoms. The molecular weight excluding hydrogens is 230 g/mol. The summed E-state index contributed by atoms with van der Waals surface area (Å²) in [6, 6.07) is 0.164. The van der Waals surface area contributed by atoms with Crippen molar-refractivity contribution in [3.8, 4) is 0 Å². The maximum atomic E-state index is 9.49. The maximum Gasteiger partial charge on any atom is 0.163 e. The number of hydrogen-bond acceptors (Lipinski definition) is 5. The monoisotopic (exact) mass is 247 g/mol. The summed E-state index contributed by atoms with van der Waals surface area (Å²) in [5.41, 5.74) is 0.835. The minimum atomic E-state index is 0.164. The van der Waals surface area contributed by atoms with Crippen molar-refractivity contribution in [3.05, 3.63) is 12.5 Å². The fraction of sp³-hybridized carbons (Fsp3) is 0.583. The average molecular weight is 247 g/mol. The van der Waals surface area contributed by atoms with Crippen LogP contribution in [0.1, 0.15) is 19.3 Å². The first kappa shape index (κ1) is 11.4. The van der Waals surface area contributed by atoms with Crippen LogP contribution in [0.25, 0.3) is 11.0 Å². The van der Waals surface area contributed by atoms with E-state index in [9.17, 15) is 5.11 Å². The average Bonchev–Trinajstić information content (AvgIpc) is 2.81. The number of aliphatic hydroxyl groups is 1. The topological polar surface area (TPSA) is 67.1 Å². The van der Waals surface area contributed by atoms with Gasteiger partial charge < -0.3 is 10.0 Å². The number of aryl methyl sites for hydroxylation is 1. The van der Waals surface area contributed by atoms with Crippen molar-refractivity contribution >= 4 is 16.9 Å². The number of aliphatic hydroxyl groups excluding tert-OH is 1. The second kappa shape index (κ2) is 4.53. The third-order valence-corrected chi connectivity index (χ3v) is 3.62. The van der Waals surface area contributed by atoms with Gasteiger partial charge in [0.2, 0.25) is 0 Å². The zero-order chi connectivity index (χ0) is 12.5. The summed E-state index contributed by atoms with van der Waals surface area (Å²) in [5.74, 6) is 0.895. The molecule has 0 radical (unpaired) electrons. The van der Waals surface area contributed by atoms with Gasteiger partial charge in [-0.3, -0.25) is 4.68 Å². The van der Waals surface area contributed by atoms with Crippen LogP contribution in [0.4, 0.5) is 5.82 Å². The van der Waals surface area contributed by atoms with Crippen LogP contribution in [0.2, 0.25) is 0 Å². The van der Waals surface area contributed by atoms with E-state index in [0.29, 0.717) is 0 Å². The SMILES string of the molecule is Cn1ncc2c(N3CCCCC3CO)ncnc21. The summed E-state index contributed by atoms with van der Waals surface area (Å²) >= 11 is 0. The lowest BCUT2D eigenvalue weighted by Gasteiger charge is -2.35. The minimum Gasteiger partial charge on any atom is -0.394 e. The number of rotatable bonds is 2. The fourth-order valence-electron chi connectivity index (χ4n) is 2.65. The van der Waals surface area contributed by atoms with E-state index in [1.54, 1.807) is 17.2 Å². The molecule has 1 aliphatic rings. The molecule has 0 aliphatic carbocycles. The first-order valence-electron chi connectivity index (χ1n) is 6.31. The van der Waals surface area contributed by atoms with Gasteiger partial charge >= 0.3 is 0 Å². The molecule has 1 saturated heterocycles. The molecule has 0 saturated carbocycles. The Kier molecular flexibility index (Phi) is 2.87. The molecular formula is C12H17N5O. The summed E-state index contributed by atoms with van der Waals surface area (Å²) in [4.78, 5) is 10.8. The molecule has 96 valence electrons. The first-order chi connectivity index (χ1) is 8.81. The minimum absolute atomic E-state index is 0.164. The Bertz CT molecular complexity index is 552. The molecule has 0 amide bonds.